The maximum atomic E-state index is 13.4. The summed E-state index contributed by atoms with van der Waals surface area (Å²) in [5, 5.41) is 0. The Morgan fingerprint density at radius 3 is 2.34 bits per heavy atom. The molecule has 0 bridgehead atoms. The van der Waals surface area contributed by atoms with E-state index in [2.05, 4.69) is 6.07 Å². The summed E-state index contributed by atoms with van der Waals surface area (Å²) in [5.74, 6) is -0.387. The average Bonchev–Trinajstić information content (AvgIpc) is 2.98. The molecule has 0 radical (unpaired) electrons. The van der Waals surface area contributed by atoms with Crippen molar-refractivity contribution in [3.63, 3.8) is 0 Å². The molecule has 0 aromatic heterocycles. The Morgan fingerprint density at radius 1 is 0.931 bits per heavy atom. The summed E-state index contributed by atoms with van der Waals surface area (Å²) in [6, 6.07) is 16.0. The Bertz CT molecular complexity index is 959. The van der Waals surface area contributed by atoms with E-state index in [0.717, 1.165) is 22.3 Å². The van der Waals surface area contributed by atoms with Crippen LogP contribution in [-0.4, -0.2) is 54.5 Å². The first-order chi connectivity index (χ1) is 14.1. The highest BCUT2D eigenvalue weighted by Crippen LogP contribution is 2.34. The number of hydrogen-bond donors (Lipinski definition) is 0. The van der Waals surface area contributed by atoms with E-state index < -0.39 is 0 Å². The molecule has 1 saturated heterocycles. The predicted octanol–water partition coefficient (Wildman–Crippen LogP) is 2.96. The van der Waals surface area contributed by atoms with Crippen LogP contribution in [0.25, 0.3) is 5.57 Å². The van der Waals surface area contributed by atoms with Crippen LogP contribution in [0.2, 0.25) is 0 Å². The molecule has 2 aliphatic heterocycles. The van der Waals surface area contributed by atoms with Crippen LogP contribution in [-0.2, 0) is 20.7 Å². The Morgan fingerprint density at radius 2 is 1.66 bits per heavy atom. The molecule has 29 heavy (non-hydrogen) atoms. The molecule has 2 aliphatic rings. The van der Waals surface area contributed by atoms with Gasteiger partial charge in [0.05, 0.1) is 18.8 Å². The smallest absolute Gasteiger partial charge is 0.277 e. The highest BCUT2D eigenvalue weighted by Gasteiger charge is 2.41. The first kappa shape index (κ1) is 19.4. The molecule has 0 spiro atoms. The van der Waals surface area contributed by atoms with Crippen molar-refractivity contribution in [3.05, 3.63) is 76.5 Å². The third-order valence-electron chi connectivity index (χ3n) is 5.59. The molecule has 0 N–H and O–H groups in total. The van der Waals surface area contributed by atoms with E-state index >= 15 is 0 Å². The third-order valence-corrected chi connectivity index (χ3v) is 5.59. The highest BCUT2D eigenvalue weighted by molar-refractivity contribution is 6.35. The number of imide groups is 1. The monoisotopic (exact) mass is 390 g/mol. The molecule has 2 aromatic rings. The zero-order valence-corrected chi connectivity index (χ0v) is 17.0. The van der Waals surface area contributed by atoms with E-state index in [-0.39, 0.29) is 11.8 Å². The molecule has 1 fully saturated rings. The van der Waals surface area contributed by atoms with Gasteiger partial charge in [0.25, 0.3) is 11.8 Å². The number of benzene rings is 2. The summed E-state index contributed by atoms with van der Waals surface area (Å²) in [5.41, 5.74) is 5.16. The lowest BCUT2D eigenvalue weighted by molar-refractivity contribution is -0.137. The Labute approximate surface area is 171 Å². The first-order valence-corrected chi connectivity index (χ1v) is 10.1. The normalized spacial score (nSPS) is 17.4. The summed E-state index contributed by atoms with van der Waals surface area (Å²) in [7, 11) is 0. The van der Waals surface area contributed by atoms with Gasteiger partial charge in [-0.05, 0) is 37.0 Å². The summed E-state index contributed by atoms with van der Waals surface area (Å²) in [6.45, 7) is 6.78. The van der Waals surface area contributed by atoms with E-state index in [0.29, 0.717) is 50.5 Å². The largest absolute Gasteiger partial charge is 0.378 e. The standard InChI is InChI=1S/C24H26N2O3/c1-17-8-9-20(18(2)16-17)21-22(25-12-14-29-15-13-25)24(28)26(23(21)27)11-10-19-6-4-3-5-7-19/h3-9,16H,10-15H2,1-2H3. The van der Waals surface area contributed by atoms with E-state index in [9.17, 15) is 9.59 Å². The maximum Gasteiger partial charge on any atom is 0.277 e. The molecule has 5 heteroatoms. The fourth-order valence-electron chi connectivity index (χ4n) is 4.07. The van der Waals surface area contributed by atoms with Crippen LogP contribution in [0.3, 0.4) is 0 Å². The van der Waals surface area contributed by atoms with Crippen LogP contribution < -0.4 is 0 Å². The molecule has 0 unspecified atom stereocenters. The van der Waals surface area contributed by atoms with Gasteiger partial charge in [-0.3, -0.25) is 14.5 Å². The Hall–Kier alpha value is -2.92. The van der Waals surface area contributed by atoms with Crippen molar-refractivity contribution in [2.75, 3.05) is 32.8 Å². The highest BCUT2D eigenvalue weighted by atomic mass is 16.5. The second kappa shape index (κ2) is 8.21. The summed E-state index contributed by atoms with van der Waals surface area (Å²) in [6.07, 6.45) is 0.648. The summed E-state index contributed by atoms with van der Waals surface area (Å²) >= 11 is 0. The van der Waals surface area contributed by atoms with Gasteiger partial charge in [0.1, 0.15) is 5.70 Å². The van der Waals surface area contributed by atoms with Gasteiger partial charge in [-0.25, -0.2) is 0 Å². The first-order valence-electron chi connectivity index (χ1n) is 10.1. The number of aryl methyl sites for hydroxylation is 2. The predicted molar refractivity (Wildman–Crippen MR) is 112 cm³/mol. The van der Waals surface area contributed by atoms with Crippen molar-refractivity contribution in [3.8, 4) is 0 Å². The maximum absolute atomic E-state index is 13.4. The SMILES string of the molecule is Cc1ccc(C2=C(N3CCOCC3)C(=O)N(CCc3ccccc3)C2=O)c(C)c1. The third kappa shape index (κ3) is 3.83. The minimum Gasteiger partial charge on any atom is -0.378 e. The van der Waals surface area contributed by atoms with E-state index in [1.165, 1.54) is 4.90 Å². The molecule has 4 rings (SSSR count). The molecule has 0 aliphatic carbocycles. The number of carbonyl (C=O) groups excluding carboxylic acids is 2. The van der Waals surface area contributed by atoms with Crippen LogP contribution in [0, 0.1) is 13.8 Å². The van der Waals surface area contributed by atoms with Crippen molar-refractivity contribution >= 4 is 17.4 Å². The van der Waals surface area contributed by atoms with Crippen molar-refractivity contribution in [2.24, 2.45) is 0 Å². The number of rotatable bonds is 5. The molecule has 2 aromatic carbocycles. The lowest BCUT2D eigenvalue weighted by Crippen LogP contribution is -2.40. The molecular formula is C24H26N2O3. The van der Waals surface area contributed by atoms with Crippen molar-refractivity contribution in [1.29, 1.82) is 0 Å². The van der Waals surface area contributed by atoms with E-state index in [4.69, 9.17) is 4.74 Å². The summed E-state index contributed by atoms with van der Waals surface area (Å²) < 4.78 is 5.46. The number of nitrogens with zero attached hydrogens (tertiary/aromatic N) is 2. The molecule has 150 valence electrons. The zero-order chi connectivity index (χ0) is 20.4. The average molecular weight is 390 g/mol. The topological polar surface area (TPSA) is 49.9 Å². The van der Waals surface area contributed by atoms with E-state index in [1.54, 1.807) is 0 Å². The molecule has 0 saturated carbocycles. The van der Waals surface area contributed by atoms with Gasteiger partial charge < -0.3 is 9.64 Å². The van der Waals surface area contributed by atoms with Gasteiger partial charge in [-0.2, -0.15) is 0 Å². The number of ether oxygens (including phenoxy) is 1. The van der Waals surface area contributed by atoms with Crippen LogP contribution in [0.1, 0.15) is 22.3 Å². The Kier molecular flexibility index (Phi) is 5.49. The minimum absolute atomic E-state index is 0.192. The van der Waals surface area contributed by atoms with Crippen LogP contribution >= 0.6 is 0 Å². The number of morpholine rings is 1. The fourth-order valence-corrected chi connectivity index (χ4v) is 4.07. The lowest BCUT2D eigenvalue weighted by Gasteiger charge is -2.29. The lowest BCUT2D eigenvalue weighted by atomic mass is 9.97. The van der Waals surface area contributed by atoms with Crippen LogP contribution in [0.15, 0.2) is 54.2 Å². The van der Waals surface area contributed by atoms with Gasteiger partial charge in [-0.1, -0.05) is 54.1 Å². The molecule has 2 heterocycles. The fraction of sp³-hybridized carbons (Fsp3) is 0.333. The quantitative estimate of drug-likeness (QED) is 0.737. The van der Waals surface area contributed by atoms with Crippen molar-refractivity contribution in [1.82, 2.24) is 9.80 Å². The van der Waals surface area contributed by atoms with Gasteiger partial charge >= 0.3 is 0 Å². The van der Waals surface area contributed by atoms with Gasteiger partial charge in [0.2, 0.25) is 0 Å². The second-order valence-electron chi connectivity index (χ2n) is 7.64. The minimum atomic E-state index is -0.195. The molecule has 0 atom stereocenters. The molecule has 5 nitrogen and oxygen atoms in total. The number of carbonyl (C=O) groups is 2. The van der Waals surface area contributed by atoms with Crippen molar-refractivity contribution < 1.29 is 14.3 Å². The summed E-state index contributed by atoms with van der Waals surface area (Å²) in [4.78, 5) is 30.2. The van der Waals surface area contributed by atoms with Crippen LogP contribution in [0.5, 0.6) is 0 Å². The van der Waals surface area contributed by atoms with E-state index in [1.807, 2.05) is 61.2 Å². The van der Waals surface area contributed by atoms with Gasteiger partial charge in [0, 0.05) is 19.6 Å². The van der Waals surface area contributed by atoms with Gasteiger partial charge in [-0.15, -0.1) is 0 Å². The zero-order valence-electron chi connectivity index (χ0n) is 17.0. The number of amides is 2. The number of hydrogen-bond acceptors (Lipinski definition) is 4. The second-order valence-corrected chi connectivity index (χ2v) is 7.64. The van der Waals surface area contributed by atoms with Gasteiger partial charge in [0.15, 0.2) is 0 Å². The molecular weight excluding hydrogens is 364 g/mol. The van der Waals surface area contributed by atoms with Crippen LogP contribution in [0.4, 0.5) is 0 Å². The molecule has 2 amide bonds. The van der Waals surface area contributed by atoms with Crippen molar-refractivity contribution in [2.45, 2.75) is 20.3 Å². The Balaban J connectivity index is 1.69.